The van der Waals surface area contributed by atoms with Gasteiger partial charge >= 0.3 is 0 Å². The summed E-state index contributed by atoms with van der Waals surface area (Å²) in [6.45, 7) is 0.380. The number of thiazole rings is 1. The number of halogens is 1. The van der Waals surface area contributed by atoms with E-state index in [-0.39, 0.29) is 5.91 Å². The van der Waals surface area contributed by atoms with Gasteiger partial charge in [-0.05, 0) is 48.0 Å². The van der Waals surface area contributed by atoms with Crippen LogP contribution in [0.1, 0.15) is 15.9 Å². The number of hydrogen-bond acceptors (Lipinski definition) is 5. The van der Waals surface area contributed by atoms with Crippen molar-refractivity contribution in [3.8, 4) is 5.75 Å². The minimum absolute atomic E-state index is 0.116. The van der Waals surface area contributed by atoms with Gasteiger partial charge in [0.25, 0.3) is 5.91 Å². The molecule has 0 atom stereocenters. The van der Waals surface area contributed by atoms with Crippen LogP contribution < -0.4 is 9.64 Å². The lowest BCUT2D eigenvalue weighted by atomic mass is 10.2. The van der Waals surface area contributed by atoms with Gasteiger partial charge in [-0.3, -0.25) is 14.7 Å². The number of carbonyl (C=O) groups excluding carboxylic acids is 1. The summed E-state index contributed by atoms with van der Waals surface area (Å²) in [5, 5.41) is 0.622. The quantitative estimate of drug-likeness (QED) is 0.410. The number of rotatable bonds is 5. The van der Waals surface area contributed by atoms with E-state index in [4.69, 9.17) is 9.72 Å². The maximum absolute atomic E-state index is 13.3. The van der Waals surface area contributed by atoms with E-state index in [0.717, 1.165) is 20.3 Å². The second-order valence-corrected chi connectivity index (χ2v) is 7.99. The Morgan fingerprint density at radius 3 is 2.68 bits per heavy atom. The molecule has 0 saturated carbocycles. The highest BCUT2D eigenvalue weighted by Gasteiger charge is 2.22. The van der Waals surface area contributed by atoms with Crippen LogP contribution in [0, 0.1) is 0 Å². The number of amides is 1. The lowest BCUT2D eigenvalue weighted by molar-refractivity contribution is 0.0985. The van der Waals surface area contributed by atoms with Crippen LogP contribution in [-0.4, -0.2) is 23.0 Å². The third-order valence-electron chi connectivity index (χ3n) is 4.22. The van der Waals surface area contributed by atoms with Gasteiger partial charge in [0.05, 0.1) is 18.4 Å². The SMILES string of the molecule is COc1cccc2sc(N(Cc3cccnc3)C(=O)c3ccc(Br)cc3)nc12. The Labute approximate surface area is 174 Å². The van der Waals surface area contributed by atoms with Crippen LogP contribution in [-0.2, 0) is 6.54 Å². The summed E-state index contributed by atoms with van der Waals surface area (Å²) in [4.78, 5) is 23.9. The van der Waals surface area contributed by atoms with Crippen LogP contribution in [0.25, 0.3) is 10.2 Å². The highest BCUT2D eigenvalue weighted by molar-refractivity contribution is 9.10. The van der Waals surface area contributed by atoms with E-state index in [1.54, 1.807) is 36.5 Å². The number of aromatic nitrogens is 2. The summed E-state index contributed by atoms with van der Waals surface area (Å²) in [6.07, 6.45) is 3.47. The molecule has 0 saturated heterocycles. The van der Waals surface area contributed by atoms with Crippen molar-refractivity contribution >= 4 is 48.5 Å². The van der Waals surface area contributed by atoms with Gasteiger partial charge < -0.3 is 4.74 Å². The molecule has 0 bridgehead atoms. The van der Waals surface area contributed by atoms with Gasteiger partial charge in [0.1, 0.15) is 11.3 Å². The van der Waals surface area contributed by atoms with E-state index in [1.165, 1.54) is 11.3 Å². The fourth-order valence-corrected chi connectivity index (χ4v) is 4.09. The molecule has 0 spiro atoms. The van der Waals surface area contributed by atoms with Gasteiger partial charge in [-0.1, -0.05) is 39.4 Å². The first-order valence-electron chi connectivity index (χ1n) is 8.55. The molecule has 0 unspecified atom stereocenters. The molecule has 4 aromatic rings. The molecule has 0 N–H and O–H groups in total. The summed E-state index contributed by atoms with van der Waals surface area (Å²) < 4.78 is 7.31. The number of benzene rings is 2. The first-order chi connectivity index (χ1) is 13.7. The van der Waals surface area contributed by atoms with Crippen molar-refractivity contribution in [2.24, 2.45) is 0 Å². The molecule has 1 amide bonds. The highest BCUT2D eigenvalue weighted by atomic mass is 79.9. The normalized spacial score (nSPS) is 10.8. The standard InChI is InChI=1S/C21H16BrN3O2S/c1-27-17-5-2-6-18-19(17)24-21(28-18)25(13-14-4-3-11-23-12-14)20(26)15-7-9-16(22)10-8-15/h2-12H,13H2,1H3. The molecule has 0 aliphatic carbocycles. The van der Waals surface area contributed by atoms with E-state index < -0.39 is 0 Å². The van der Waals surface area contributed by atoms with Crippen LogP contribution in [0.4, 0.5) is 5.13 Å². The van der Waals surface area contributed by atoms with Crippen LogP contribution in [0.5, 0.6) is 5.75 Å². The Kier molecular flexibility index (Phi) is 5.36. The maximum Gasteiger partial charge on any atom is 0.260 e. The summed E-state index contributed by atoms with van der Waals surface area (Å²) in [7, 11) is 1.62. The Bertz CT molecular complexity index is 1110. The Morgan fingerprint density at radius 2 is 1.96 bits per heavy atom. The van der Waals surface area contributed by atoms with Crippen LogP contribution in [0.2, 0.25) is 0 Å². The fraction of sp³-hybridized carbons (Fsp3) is 0.0952. The second kappa shape index (κ2) is 8.08. The third kappa shape index (κ3) is 3.76. The topological polar surface area (TPSA) is 55.3 Å². The van der Waals surface area contributed by atoms with Crippen LogP contribution in [0.15, 0.2) is 71.5 Å². The molecular formula is C21H16BrN3O2S. The monoisotopic (exact) mass is 453 g/mol. The number of methoxy groups -OCH3 is 1. The molecule has 2 heterocycles. The highest BCUT2D eigenvalue weighted by Crippen LogP contribution is 2.35. The average molecular weight is 454 g/mol. The number of fused-ring (bicyclic) bond motifs is 1. The maximum atomic E-state index is 13.3. The Balaban J connectivity index is 1.78. The van der Waals surface area contributed by atoms with Gasteiger partial charge in [-0.15, -0.1) is 0 Å². The molecule has 5 nitrogen and oxygen atoms in total. The van der Waals surface area contributed by atoms with Gasteiger partial charge in [-0.2, -0.15) is 0 Å². The third-order valence-corrected chi connectivity index (χ3v) is 5.79. The number of para-hydroxylation sites is 1. The van der Waals surface area contributed by atoms with Crippen molar-refractivity contribution in [2.75, 3.05) is 12.0 Å². The number of anilines is 1. The minimum Gasteiger partial charge on any atom is -0.494 e. The summed E-state index contributed by atoms with van der Waals surface area (Å²) in [5.74, 6) is 0.576. The smallest absolute Gasteiger partial charge is 0.260 e. The van der Waals surface area contributed by atoms with Crippen molar-refractivity contribution in [3.63, 3.8) is 0 Å². The molecule has 0 fully saturated rings. The molecule has 2 aromatic carbocycles. The number of ether oxygens (including phenoxy) is 1. The zero-order chi connectivity index (χ0) is 19.5. The van der Waals surface area contributed by atoms with Gasteiger partial charge in [0.2, 0.25) is 0 Å². The zero-order valence-corrected chi connectivity index (χ0v) is 17.4. The lowest BCUT2D eigenvalue weighted by Gasteiger charge is -2.20. The minimum atomic E-state index is -0.116. The van der Waals surface area contributed by atoms with E-state index in [1.807, 2.05) is 42.5 Å². The van der Waals surface area contributed by atoms with E-state index in [0.29, 0.717) is 23.0 Å². The molecule has 2 aromatic heterocycles. The van der Waals surface area contributed by atoms with Crippen molar-refractivity contribution in [1.82, 2.24) is 9.97 Å². The largest absolute Gasteiger partial charge is 0.494 e. The fourth-order valence-electron chi connectivity index (χ4n) is 2.84. The molecule has 0 aliphatic heterocycles. The molecule has 0 aliphatic rings. The van der Waals surface area contributed by atoms with E-state index >= 15 is 0 Å². The van der Waals surface area contributed by atoms with E-state index in [2.05, 4.69) is 20.9 Å². The average Bonchev–Trinajstić information content (AvgIpc) is 3.17. The first kappa shape index (κ1) is 18.6. The van der Waals surface area contributed by atoms with Crippen molar-refractivity contribution in [1.29, 1.82) is 0 Å². The molecular weight excluding hydrogens is 438 g/mol. The molecule has 140 valence electrons. The van der Waals surface area contributed by atoms with Gasteiger partial charge in [0.15, 0.2) is 5.13 Å². The number of nitrogens with zero attached hydrogens (tertiary/aromatic N) is 3. The molecule has 7 heteroatoms. The lowest BCUT2D eigenvalue weighted by Crippen LogP contribution is -2.30. The van der Waals surface area contributed by atoms with Crippen LogP contribution >= 0.6 is 27.3 Å². The number of hydrogen-bond donors (Lipinski definition) is 0. The zero-order valence-electron chi connectivity index (χ0n) is 15.0. The molecule has 0 radical (unpaired) electrons. The first-order valence-corrected chi connectivity index (χ1v) is 10.2. The van der Waals surface area contributed by atoms with Crippen molar-refractivity contribution in [2.45, 2.75) is 6.54 Å². The van der Waals surface area contributed by atoms with Crippen LogP contribution in [0.3, 0.4) is 0 Å². The predicted octanol–water partition coefficient (Wildman–Crippen LogP) is 5.31. The predicted molar refractivity (Wildman–Crippen MR) is 115 cm³/mol. The van der Waals surface area contributed by atoms with Gasteiger partial charge in [0, 0.05) is 22.4 Å². The van der Waals surface area contributed by atoms with Crippen molar-refractivity contribution < 1.29 is 9.53 Å². The molecule has 28 heavy (non-hydrogen) atoms. The summed E-state index contributed by atoms with van der Waals surface area (Å²) >= 11 is 4.88. The molecule has 4 rings (SSSR count). The van der Waals surface area contributed by atoms with E-state index in [9.17, 15) is 4.79 Å². The summed E-state index contributed by atoms with van der Waals surface area (Å²) in [6, 6.07) is 16.9. The second-order valence-electron chi connectivity index (χ2n) is 6.06. The van der Waals surface area contributed by atoms with Crippen molar-refractivity contribution in [3.05, 3.63) is 82.6 Å². The van der Waals surface area contributed by atoms with Gasteiger partial charge in [-0.25, -0.2) is 4.98 Å². The Hall–Kier alpha value is -2.77. The number of pyridine rings is 1. The summed E-state index contributed by atoms with van der Waals surface area (Å²) in [5.41, 5.74) is 2.28. The Morgan fingerprint density at radius 1 is 1.14 bits per heavy atom. The number of carbonyl (C=O) groups is 1.